The number of carbonyl (C=O) groups excluding carboxylic acids is 2. The molecule has 4 aromatic rings. The molecule has 43 heavy (non-hydrogen) atoms. The Balaban J connectivity index is 1.80. The average Bonchev–Trinajstić information content (AvgIpc) is 2.96. The van der Waals surface area contributed by atoms with E-state index in [-0.39, 0.29) is 17.1 Å². The van der Waals surface area contributed by atoms with E-state index in [0.717, 1.165) is 35.1 Å². The number of nitrogens with two attached hydrogens (primary N) is 1. The van der Waals surface area contributed by atoms with Gasteiger partial charge in [0.2, 0.25) is 11.8 Å². The largest absolute Gasteiger partial charge is 0.508 e. The lowest BCUT2D eigenvalue weighted by atomic mass is 9.74. The first kappa shape index (κ1) is 31.3. The summed E-state index contributed by atoms with van der Waals surface area (Å²) in [4.78, 5) is 26.8. The Morgan fingerprint density at radius 2 is 1.49 bits per heavy atom. The molecule has 0 spiro atoms. The molecule has 1 unspecified atom stereocenters. The molecule has 1 atom stereocenters. The summed E-state index contributed by atoms with van der Waals surface area (Å²) >= 11 is 0. The molecular formula is C38H42N2O3. The van der Waals surface area contributed by atoms with E-state index in [2.05, 4.69) is 58.5 Å². The molecule has 0 saturated carbocycles. The van der Waals surface area contributed by atoms with Crippen LogP contribution in [-0.4, -0.2) is 16.9 Å². The van der Waals surface area contributed by atoms with Crippen LogP contribution in [0.5, 0.6) is 5.75 Å². The second-order valence-electron chi connectivity index (χ2n) is 12.2. The maximum atomic E-state index is 13.0. The normalized spacial score (nSPS) is 12.0. The van der Waals surface area contributed by atoms with Crippen LogP contribution in [0.25, 0.3) is 16.8 Å². The van der Waals surface area contributed by atoms with E-state index >= 15 is 0 Å². The number of phenolic OH excluding ortho intramolecular Hbond substituents is 1. The van der Waals surface area contributed by atoms with E-state index in [4.69, 9.17) is 5.73 Å². The van der Waals surface area contributed by atoms with Crippen molar-refractivity contribution >= 4 is 23.2 Å². The van der Waals surface area contributed by atoms with Gasteiger partial charge in [0.05, 0.1) is 0 Å². The fraction of sp³-hybridized carbons (Fsp3) is 0.263. The topological polar surface area (TPSA) is 83.6 Å². The summed E-state index contributed by atoms with van der Waals surface area (Å²) < 4.78 is 0. The van der Waals surface area contributed by atoms with Crippen LogP contribution in [0.2, 0.25) is 0 Å². The van der Waals surface area contributed by atoms with Gasteiger partial charge in [0.1, 0.15) is 5.75 Å². The van der Waals surface area contributed by atoms with Gasteiger partial charge in [-0.25, -0.2) is 0 Å². The number of phenols is 1. The smallest absolute Gasteiger partial charge is 0.248 e. The number of carbonyl (C=O) groups is 2. The average molecular weight is 575 g/mol. The lowest BCUT2D eigenvalue weighted by Crippen LogP contribution is -2.27. The molecule has 0 aliphatic heterocycles. The summed E-state index contributed by atoms with van der Waals surface area (Å²) in [5, 5.41) is 10.7. The molecule has 0 aliphatic rings. The number of nitrogens with zero attached hydrogens (tertiary/aromatic N) is 1. The predicted molar refractivity (Wildman–Crippen MR) is 177 cm³/mol. The molecule has 0 radical (unpaired) electrons. The second-order valence-corrected chi connectivity index (χ2v) is 12.2. The van der Waals surface area contributed by atoms with Gasteiger partial charge in [-0.15, -0.1) is 0 Å². The Morgan fingerprint density at radius 3 is 2.07 bits per heavy atom. The summed E-state index contributed by atoms with van der Waals surface area (Å²) in [5.74, 6) is -0.290. The lowest BCUT2D eigenvalue weighted by molar-refractivity contribution is -0.115. The molecule has 222 valence electrons. The molecule has 4 rings (SSSR count). The lowest BCUT2D eigenvalue weighted by Gasteiger charge is -2.31. The van der Waals surface area contributed by atoms with Gasteiger partial charge in [0.25, 0.3) is 0 Å². The highest BCUT2D eigenvalue weighted by molar-refractivity contribution is 6.07. The molecule has 5 heteroatoms. The first-order valence-electron chi connectivity index (χ1n) is 14.7. The quantitative estimate of drug-likeness (QED) is 0.199. The standard InChI is InChI=1S/C38H42N2O3/c1-24-8-12-29(13-9-24)26(3)20-21-38(6,7)36-19-17-32(42)23-35(36)33-18-14-30(37(39)43)22-34(33)27(4)40(28(5)41)31-15-10-25(2)11-16-31/h8-19,22-23,26,42H,4,20-21H2,1-3,5-7H3,(H2,39,43). The van der Waals surface area contributed by atoms with Crippen molar-refractivity contribution in [3.63, 3.8) is 0 Å². The first-order chi connectivity index (χ1) is 20.3. The molecule has 0 saturated heterocycles. The number of aromatic hydroxyl groups is 1. The monoisotopic (exact) mass is 574 g/mol. The van der Waals surface area contributed by atoms with Crippen LogP contribution >= 0.6 is 0 Å². The number of hydrogen-bond acceptors (Lipinski definition) is 3. The zero-order chi connectivity index (χ0) is 31.5. The van der Waals surface area contributed by atoms with Gasteiger partial charge < -0.3 is 10.8 Å². The molecule has 4 aromatic carbocycles. The molecule has 0 aromatic heterocycles. The van der Waals surface area contributed by atoms with E-state index in [0.29, 0.717) is 28.4 Å². The van der Waals surface area contributed by atoms with Crippen molar-refractivity contribution in [2.45, 2.75) is 65.7 Å². The van der Waals surface area contributed by atoms with Crippen LogP contribution in [0.15, 0.2) is 91.5 Å². The number of rotatable bonds is 10. The highest BCUT2D eigenvalue weighted by Crippen LogP contribution is 2.43. The van der Waals surface area contributed by atoms with Gasteiger partial charge in [-0.3, -0.25) is 14.5 Å². The molecule has 3 N–H and O–H groups in total. The number of amides is 2. The minimum Gasteiger partial charge on any atom is -0.508 e. The van der Waals surface area contributed by atoms with Gasteiger partial charge >= 0.3 is 0 Å². The van der Waals surface area contributed by atoms with Gasteiger partial charge in [0.15, 0.2) is 0 Å². The van der Waals surface area contributed by atoms with Gasteiger partial charge in [0, 0.05) is 29.4 Å². The Hall–Kier alpha value is -4.64. The highest BCUT2D eigenvalue weighted by Gasteiger charge is 2.28. The number of aryl methyl sites for hydroxylation is 2. The molecule has 0 aliphatic carbocycles. The number of primary amides is 1. The Bertz CT molecular complexity index is 1650. The summed E-state index contributed by atoms with van der Waals surface area (Å²) in [6.07, 6.45) is 1.88. The van der Waals surface area contributed by atoms with Crippen LogP contribution in [0.1, 0.15) is 84.6 Å². The number of hydrogen-bond donors (Lipinski definition) is 2. The molecule has 2 amide bonds. The predicted octanol–water partition coefficient (Wildman–Crippen LogP) is 8.66. The Kier molecular flexibility index (Phi) is 9.24. The Labute approximate surface area is 255 Å². The summed E-state index contributed by atoms with van der Waals surface area (Å²) in [5.41, 5.74) is 13.6. The molecule has 0 fully saturated rings. The van der Waals surface area contributed by atoms with E-state index in [1.807, 2.05) is 43.3 Å². The van der Waals surface area contributed by atoms with Crippen LogP contribution in [0, 0.1) is 13.8 Å². The van der Waals surface area contributed by atoms with Crippen molar-refractivity contribution in [2.24, 2.45) is 5.73 Å². The fourth-order valence-corrected chi connectivity index (χ4v) is 5.63. The van der Waals surface area contributed by atoms with Gasteiger partial charge in [-0.2, -0.15) is 0 Å². The van der Waals surface area contributed by atoms with Crippen molar-refractivity contribution in [2.75, 3.05) is 4.90 Å². The molecule has 0 bridgehead atoms. The fourth-order valence-electron chi connectivity index (χ4n) is 5.63. The van der Waals surface area contributed by atoms with Crippen LogP contribution in [0.3, 0.4) is 0 Å². The van der Waals surface area contributed by atoms with E-state index < -0.39 is 5.91 Å². The molecule has 5 nitrogen and oxygen atoms in total. The SMILES string of the molecule is C=C(c1cc(C(N)=O)ccc1-c1cc(O)ccc1C(C)(C)CCC(C)c1ccc(C)cc1)N(C(C)=O)c1ccc(C)cc1. The third-order valence-corrected chi connectivity index (χ3v) is 8.36. The maximum Gasteiger partial charge on any atom is 0.248 e. The van der Waals surface area contributed by atoms with Gasteiger partial charge in [-0.05, 0) is 96.7 Å². The molecule has 0 heterocycles. The number of anilines is 1. The highest BCUT2D eigenvalue weighted by atomic mass is 16.3. The van der Waals surface area contributed by atoms with Crippen molar-refractivity contribution < 1.29 is 14.7 Å². The van der Waals surface area contributed by atoms with E-state index in [9.17, 15) is 14.7 Å². The van der Waals surface area contributed by atoms with E-state index in [1.165, 1.54) is 18.1 Å². The summed E-state index contributed by atoms with van der Waals surface area (Å²) in [6.45, 7) is 16.6. The summed E-state index contributed by atoms with van der Waals surface area (Å²) in [7, 11) is 0. The van der Waals surface area contributed by atoms with Crippen LogP contribution in [-0.2, 0) is 10.2 Å². The van der Waals surface area contributed by atoms with Gasteiger partial charge in [-0.1, -0.05) is 87.0 Å². The zero-order valence-corrected chi connectivity index (χ0v) is 26.1. The maximum absolute atomic E-state index is 13.0. The van der Waals surface area contributed by atoms with Crippen molar-refractivity contribution in [1.29, 1.82) is 0 Å². The van der Waals surface area contributed by atoms with Crippen molar-refractivity contribution in [3.05, 3.63) is 125 Å². The third kappa shape index (κ3) is 7.06. The van der Waals surface area contributed by atoms with Crippen LogP contribution < -0.4 is 10.6 Å². The van der Waals surface area contributed by atoms with E-state index in [1.54, 1.807) is 29.2 Å². The second kappa shape index (κ2) is 12.7. The minimum absolute atomic E-state index is 0.125. The number of benzene rings is 4. The minimum atomic E-state index is -0.577. The van der Waals surface area contributed by atoms with Crippen LogP contribution in [0.4, 0.5) is 5.69 Å². The Morgan fingerprint density at radius 1 is 0.884 bits per heavy atom. The molecular weight excluding hydrogens is 532 g/mol. The van der Waals surface area contributed by atoms with Crippen molar-refractivity contribution in [3.8, 4) is 16.9 Å². The summed E-state index contributed by atoms with van der Waals surface area (Å²) in [6, 6.07) is 27.0. The first-order valence-corrected chi connectivity index (χ1v) is 14.7. The zero-order valence-electron chi connectivity index (χ0n) is 26.1. The third-order valence-electron chi connectivity index (χ3n) is 8.36. The van der Waals surface area contributed by atoms with Crippen molar-refractivity contribution in [1.82, 2.24) is 0 Å².